The largest absolute Gasteiger partial charge is 0.375 e. The maximum atomic E-state index is 13.2. The van der Waals surface area contributed by atoms with E-state index in [0.29, 0.717) is 11.3 Å². The SMILES string of the molecule is N#Cc1ccc2c(c1)CCCC2NC(=O)CNc1cccc2c1C(=O)N(C1CCC(=O)NC1=O)C2=O. The Morgan fingerprint density at radius 2 is 1.92 bits per heavy atom. The molecule has 3 aliphatic rings. The van der Waals surface area contributed by atoms with Crippen LogP contribution in [-0.2, 0) is 20.8 Å². The molecular weight excluding hydrogens is 462 g/mol. The first kappa shape index (κ1) is 23.2. The zero-order valence-electron chi connectivity index (χ0n) is 19.3. The first-order chi connectivity index (χ1) is 17.4. The molecule has 0 aromatic heterocycles. The number of rotatable bonds is 5. The molecule has 1 saturated heterocycles. The summed E-state index contributed by atoms with van der Waals surface area (Å²) in [6.45, 7) is -0.127. The van der Waals surface area contributed by atoms with E-state index in [1.807, 2.05) is 12.1 Å². The number of carbonyl (C=O) groups is 5. The average Bonchev–Trinajstić information content (AvgIpc) is 3.13. The molecule has 36 heavy (non-hydrogen) atoms. The Hall–Kier alpha value is -4.52. The topological polar surface area (TPSA) is 148 Å². The maximum absolute atomic E-state index is 13.2. The molecule has 0 spiro atoms. The Bertz CT molecular complexity index is 1360. The average molecular weight is 486 g/mol. The zero-order valence-corrected chi connectivity index (χ0v) is 19.3. The molecule has 2 unspecified atom stereocenters. The van der Waals surface area contributed by atoms with Gasteiger partial charge in [0.1, 0.15) is 6.04 Å². The van der Waals surface area contributed by atoms with Crippen LogP contribution < -0.4 is 16.0 Å². The van der Waals surface area contributed by atoms with Crippen molar-refractivity contribution >= 4 is 35.2 Å². The minimum atomic E-state index is -1.06. The number of nitrogens with one attached hydrogen (secondary N) is 3. The summed E-state index contributed by atoms with van der Waals surface area (Å²) < 4.78 is 0. The number of fused-ring (bicyclic) bond motifs is 2. The fourth-order valence-electron chi connectivity index (χ4n) is 5.12. The normalized spacial score (nSPS) is 20.8. The van der Waals surface area contributed by atoms with E-state index < -0.39 is 29.7 Å². The number of anilines is 1. The van der Waals surface area contributed by atoms with Gasteiger partial charge in [-0.2, -0.15) is 5.26 Å². The van der Waals surface area contributed by atoms with E-state index in [0.717, 1.165) is 35.3 Å². The monoisotopic (exact) mass is 485 g/mol. The van der Waals surface area contributed by atoms with Crippen LogP contribution in [0.4, 0.5) is 5.69 Å². The Kier molecular flexibility index (Phi) is 5.98. The Labute approximate surface area is 206 Å². The molecule has 3 N–H and O–H groups in total. The van der Waals surface area contributed by atoms with E-state index in [9.17, 15) is 24.0 Å². The minimum absolute atomic E-state index is 0.0389. The van der Waals surface area contributed by atoms with Crippen molar-refractivity contribution in [1.29, 1.82) is 5.26 Å². The third kappa shape index (κ3) is 4.09. The lowest BCUT2D eigenvalue weighted by atomic mass is 9.86. The molecule has 10 heteroatoms. The van der Waals surface area contributed by atoms with Crippen molar-refractivity contribution in [3.63, 3.8) is 0 Å². The molecule has 2 aliphatic heterocycles. The highest BCUT2D eigenvalue weighted by atomic mass is 16.2. The molecule has 0 saturated carbocycles. The molecular formula is C26H23N5O5. The smallest absolute Gasteiger partial charge is 0.264 e. The number of nitriles is 1. The van der Waals surface area contributed by atoms with Crippen LogP contribution in [-0.4, -0.2) is 47.0 Å². The number of imide groups is 2. The highest BCUT2D eigenvalue weighted by Crippen LogP contribution is 2.33. The van der Waals surface area contributed by atoms with Gasteiger partial charge in [-0.3, -0.25) is 34.2 Å². The van der Waals surface area contributed by atoms with Crippen molar-refractivity contribution in [2.45, 2.75) is 44.2 Å². The summed E-state index contributed by atoms with van der Waals surface area (Å²) in [5.74, 6) is -2.64. The van der Waals surface area contributed by atoms with Gasteiger partial charge in [0.05, 0.1) is 35.3 Å². The predicted octanol–water partition coefficient (Wildman–Crippen LogP) is 1.57. The van der Waals surface area contributed by atoms with Crippen LogP contribution >= 0.6 is 0 Å². The Balaban J connectivity index is 1.29. The molecule has 2 atom stereocenters. The van der Waals surface area contributed by atoms with Crippen molar-refractivity contribution < 1.29 is 24.0 Å². The van der Waals surface area contributed by atoms with E-state index in [1.54, 1.807) is 18.2 Å². The van der Waals surface area contributed by atoms with Crippen molar-refractivity contribution in [3.8, 4) is 6.07 Å². The lowest BCUT2D eigenvalue weighted by molar-refractivity contribution is -0.136. The number of amides is 5. The van der Waals surface area contributed by atoms with Crippen LogP contribution in [0.15, 0.2) is 36.4 Å². The number of aryl methyl sites for hydroxylation is 1. The highest BCUT2D eigenvalue weighted by Gasteiger charge is 2.45. The standard InChI is InChI=1S/C26H23N5O5/c27-12-14-7-8-16-15(11-14)3-1-5-18(16)29-22(33)13-28-19-6-2-4-17-23(19)26(36)31(25(17)35)20-9-10-21(32)30-24(20)34/h2,4,6-8,11,18,20,28H,1,3,5,9-10,13H2,(H,29,33)(H,30,32,34). The fraction of sp³-hybridized carbons (Fsp3) is 0.308. The number of hydrogen-bond donors (Lipinski definition) is 3. The van der Waals surface area contributed by atoms with Gasteiger partial charge in [0.2, 0.25) is 17.7 Å². The molecule has 182 valence electrons. The van der Waals surface area contributed by atoms with Crippen LogP contribution in [0.1, 0.15) is 69.1 Å². The van der Waals surface area contributed by atoms with E-state index in [1.165, 1.54) is 6.07 Å². The third-order valence-corrected chi connectivity index (χ3v) is 6.83. The van der Waals surface area contributed by atoms with Gasteiger partial charge in [-0.25, -0.2) is 0 Å². The zero-order chi connectivity index (χ0) is 25.4. The molecule has 1 fully saturated rings. The second-order valence-electron chi connectivity index (χ2n) is 9.07. The second kappa shape index (κ2) is 9.26. The van der Waals surface area contributed by atoms with Crippen LogP contribution in [0.3, 0.4) is 0 Å². The number of benzene rings is 2. The van der Waals surface area contributed by atoms with Gasteiger partial charge in [-0.1, -0.05) is 12.1 Å². The quantitative estimate of drug-likeness (QED) is 0.544. The lowest BCUT2D eigenvalue weighted by Crippen LogP contribution is -2.54. The Morgan fingerprint density at radius 1 is 1.08 bits per heavy atom. The van der Waals surface area contributed by atoms with Gasteiger partial charge in [-0.15, -0.1) is 0 Å². The van der Waals surface area contributed by atoms with E-state index >= 15 is 0 Å². The number of carbonyl (C=O) groups excluding carboxylic acids is 5. The molecule has 1 aliphatic carbocycles. The first-order valence-electron chi connectivity index (χ1n) is 11.8. The molecule has 10 nitrogen and oxygen atoms in total. The van der Waals surface area contributed by atoms with Crippen molar-refractivity contribution in [2.24, 2.45) is 0 Å². The summed E-state index contributed by atoms with van der Waals surface area (Å²) in [5, 5.41) is 17.3. The summed E-state index contributed by atoms with van der Waals surface area (Å²) in [6, 6.07) is 11.1. The van der Waals surface area contributed by atoms with Crippen LogP contribution in [0.25, 0.3) is 0 Å². The molecule has 0 bridgehead atoms. The summed E-state index contributed by atoms with van der Waals surface area (Å²) in [7, 11) is 0. The number of hydrogen-bond acceptors (Lipinski definition) is 7. The van der Waals surface area contributed by atoms with Gasteiger partial charge >= 0.3 is 0 Å². The summed E-state index contributed by atoms with van der Waals surface area (Å²) >= 11 is 0. The molecule has 2 heterocycles. The van der Waals surface area contributed by atoms with Crippen molar-refractivity contribution in [2.75, 3.05) is 11.9 Å². The first-order valence-corrected chi connectivity index (χ1v) is 11.8. The van der Waals surface area contributed by atoms with Gasteiger partial charge in [0, 0.05) is 12.1 Å². The van der Waals surface area contributed by atoms with E-state index in [4.69, 9.17) is 5.26 Å². The van der Waals surface area contributed by atoms with Crippen molar-refractivity contribution in [3.05, 3.63) is 64.2 Å². The fourth-order valence-corrected chi connectivity index (χ4v) is 5.12. The van der Waals surface area contributed by atoms with Crippen LogP contribution in [0.2, 0.25) is 0 Å². The van der Waals surface area contributed by atoms with Gasteiger partial charge in [0.25, 0.3) is 11.8 Å². The molecule has 5 amide bonds. The van der Waals surface area contributed by atoms with E-state index in [2.05, 4.69) is 22.0 Å². The number of nitrogens with zero attached hydrogens (tertiary/aromatic N) is 2. The van der Waals surface area contributed by atoms with Gasteiger partial charge < -0.3 is 10.6 Å². The van der Waals surface area contributed by atoms with E-state index in [-0.39, 0.29) is 42.5 Å². The molecule has 5 rings (SSSR count). The second-order valence-corrected chi connectivity index (χ2v) is 9.07. The maximum Gasteiger partial charge on any atom is 0.264 e. The van der Waals surface area contributed by atoms with Gasteiger partial charge in [0.15, 0.2) is 0 Å². The van der Waals surface area contributed by atoms with Crippen molar-refractivity contribution in [1.82, 2.24) is 15.5 Å². The summed E-state index contributed by atoms with van der Waals surface area (Å²) in [6.07, 6.45) is 2.63. The molecule has 0 radical (unpaired) electrons. The number of piperidine rings is 1. The Morgan fingerprint density at radius 3 is 2.69 bits per heavy atom. The molecule has 2 aromatic rings. The highest BCUT2D eigenvalue weighted by molar-refractivity contribution is 6.25. The van der Waals surface area contributed by atoms with Crippen LogP contribution in [0.5, 0.6) is 0 Å². The van der Waals surface area contributed by atoms with Crippen LogP contribution in [0, 0.1) is 11.3 Å². The lowest BCUT2D eigenvalue weighted by Gasteiger charge is -2.28. The molecule has 2 aromatic carbocycles. The summed E-state index contributed by atoms with van der Waals surface area (Å²) in [5.41, 5.74) is 3.20. The van der Waals surface area contributed by atoms with Gasteiger partial charge in [-0.05, 0) is 61.1 Å². The summed E-state index contributed by atoms with van der Waals surface area (Å²) in [4.78, 5) is 63.6. The minimum Gasteiger partial charge on any atom is -0.375 e. The third-order valence-electron chi connectivity index (χ3n) is 6.83. The predicted molar refractivity (Wildman–Crippen MR) is 127 cm³/mol.